The van der Waals surface area contributed by atoms with Gasteiger partial charge in [-0.1, -0.05) is 48.9 Å². The van der Waals surface area contributed by atoms with Crippen LogP contribution in [-0.4, -0.2) is 53.6 Å². The number of hydrogen-bond acceptors (Lipinski definition) is 7. The summed E-state index contributed by atoms with van der Waals surface area (Å²) in [5.41, 5.74) is 1.63. The number of aromatic nitrogens is 2. The van der Waals surface area contributed by atoms with E-state index < -0.39 is 5.76 Å². The number of fused-ring (bicyclic) bond motifs is 2. The molecule has 8 nitrogen and oxygen atoms in total. The van der Waals surface area contributed by atoms with Crippen LogP contribution >= 0.6 is 22.9 Å². The lowest BCUT2D eigenvalue weighted by molar-refractivity contribution is -0.119. The summed E-state index contributed by atoms with van der Waals surface area (Å²) in [5.74, 6) is -0.239. The molecule has 0 aliphatic heterocycles. The first-order valence-electron chi connectivity index (χ1n) is 10.7. The van der Waals surface area contributed by atoms with Gasteiger partial charge < -0.3 is 14.1 Å². The number of anilines is 1. The third-order valence-electron chi connectivity index (χ3n) is 5.60. The molecular formula is C23H25ClN4O4S. The molecule has 2 heterocycles. The van der Waals surface area contributed by atoms with Gasteiger partial charge in [-0.3, -0.25) is 14.3 Å². The lowest BCUT2D eigenvalue weighted by Gasteiger charge is -2.24. The molecule has 0 radical (unpaired) electrons. The number of para-hydroxylation sites is 2. The predicted octanol–water partition coefficient (Wildman–Crippen LogP) is 4.24. The molecule has 4 aromatic rings. The minimum Gasteiger partial charge on any atom is -0.494 e. The van der Waals surface area contributed by atoms with Gasteiger partial charge in [-0.15, -0.1) is 0 Å². The van der Waals surface area contributed by atoms with Crippen molar-refractivity contribution >= 4 is 55.3 Å². The molecule has 33 heavy (non-hydrogen) atoms. The number of benzene rings is 2. The van der Waals surface area contributed by atoms with Crippen LogP contribution < -0.4 is 15.4 Å². The molecule has 0 saturated heterocycles. The van der Waals surface area contributed by atoms with Crippen molar-refractivity contribution in [1.82, 2.24) is 14.5 Å². The number of likely N-dealkylation sites (N-methyl/N-ethyl adjacent to an activating group) is 1. The van der Waals surface area contributed by atoms with Gasteiger partial charge in [0.05, 0.1) is 22.3 Å². The fourth-order valence-corrected chi connectivity index (χ4v) is 5.01. The molecule has 4 rings (SSSR count). The van der Waals surface area contributed by atoms with Crippen molar-refractivity contribution in [2.45, 2.75) is 20.4 Å². The zero-order valence-electron chi connectivity index (χ0n) is 18.7. The van der Waals surface area contributed by atoms with Crippen LogP contribution in [0.5, 0.6) is 5.75 Å². The van der Waals surface area contributed by atoms with E-state index in [0.717, 1.165) is 17.8 Å². The van der Waals surface area contributed by atoms with E-state index in [1.807, 2.05) is 0 Å². The summed E-state index contributed by atoms with van der Waals surface area (Å²) in [5, 5.41) is 1.05. The molecular weight excluding hydrogens is 464 g/mol. The standard InChI is InChI=1S/C23H25ClN4O4S/c1-4-26(5-2)12-13-27(22-25-20-18(31-3)11-10-15(24)21(20)33-22)19(29)14-28-16-8-6-7-9-17(16)32-23(28)30/h6-11H,4-5,12-14H2,1-3H3. The number of methoxy groups -OCH3 is 1. The number of oxazole rings is 1. The Morgan fingerprint density at radius 3 is 2.67 bits per heavy atom. The second kappa shape index (κ2) is 9.94. The van der Waals surface area contributed by atoms with E-state index in [9.17, 15) is 9.59 Å². The summed E-state index contributed by atoms with van der Waals surface area (Å²) in [6, 6.07) is 10.6. The number of amides is 1. The Kier molecular flexibility index (Phi) is 7.02. The van der Waals surface area contributed by atoms with Crippen LogP contribution in [-0.2, 0) is 11.3 Å². The van der Waals surface area contributed by atoms with Gasteiger partial charge in [0.2, 0.25) is 5.91 Å². The minimum absolute atomic E-state index is 0.158. The summed E-state index contributed by atoms with van der Waals surface area (Å²) < 4.78 is 12.8. The summed E-state index contributed by atoms with van der Waals surface area (Å²) in [6.07, 6.45) is 0. The normalized spacial score (nSPS) is 11.5. The Morgan fingerprint density at radius 2 is 1.94 bits per heavy atom. The molecule has 174 valence electrons. The van der Waals surface area contributed by atoms with E-state index >= 15 is 0 Å². The van der Waals surface area contributed by atoms with Gasteiger partial charge >= 0.3 is 5.76 Å². The van der Waals surface area contributed by atoms with Gasteiger partial charge in [-0.25, -0.2) is 9.78 Å². The topological polar surface area (TPSA) is 80.8 Å². The number of thiazole rings is 1. The summed E-state index contributed by atoms with van der Waals surface area (Å²) in [7, 11) is 1.57. The molecule has 2 aromatic carbocycles. The number of nitrogens with zero attached hydrogens (tertiary/aromatic N) is 4. The van der Waals surface area contributed by atoms with Crippen molar-refractivity contribution in [3.63, 3.8) is 0 Å². The maximum Gasteiger partial charge on any atom is 0.420 e. The number of carbonyl (C=O) groups excluding carboxylic acids is 1. The Bertz CT molecular complexity index is 1340. The van der Waals surface area contributed by atoms with E-state index in [-0.39, 0.29) is 12.5 Å². The highest BCUT2D eigenvalue weighted by atomic mass is 35.5. The second-order valence-electron chi connectivity index (χ2n) is 7.42. The molecule has 2 aromatic heterocycles. The monoisotopic (exact) mass is 488 g/mol. The van der Waals surface area contributed by atoms with Gasteiger partial charge in [0.25, 0.3) is 0 Å². The van der Waals surface area contributed by atoms with Crippen LogP contribution in [0.3, 0.4) is 0 Å². The van der Waals surface area contributed by atoms with E-state index in [4.69, 9.17) is 25.7 Å². The quantitative estimate of drug-likeness (QED) is 0.350. The SMILES string of the molecule is CCN(CC)CCN(C(=O)Cn1c(=O)oc2ccccc21)c1nc2c(OC)ccc(Cl)c2s1. The molecule has 0 N–H and O–H groups in total. The van der Waals surface area contributed by atoms with Gasteiger partial charge in [0, 0.05) is 13.1 Å². The maximum atomic E-state index is 13.5. The molecule has 10 heteroatoms. The van der Waals surface area contributed by atoms with Crippen molar-refractivity contribution in [3.8, 4) is 5.75 Å². The third-order valence-corrected chi connectivity index (χ3v) is 7.14. The molecule has 0 spiro atoms. The predicted molar refractivity (Wildman–Crippen MR) is 132 cm³/mol. The smallest absolute Gasteiger partial charge is 0.420 e. The summed E-state index contributed by atoms with van der Waals surface area (Å²) in [4.78, 5) is 34.5. The largest absolute Gasteiger partial charge is 0.494 e. The van der Waals surface area contributed by atoms with Crippen LogP contribution in [0.25, 0.3) is 21.3 Å². The zero-order chi connectivity index (χ0) is 23.5. The zero-order valence-corrected chi connectivity index (χ0v) is 20.3. The van der Waals surface area contributed by atoms with Crippen LogP contribution in [0, 0.1) is 0 Å². The second-order valence-corrected chi connectivity index (χ2v) is 8.80. The van der Waals surface area contributed by atoms with Crippen LogP contribution in [0.15, 0.2) is 45.6 Å². The highest BCUT2D eigenvalue weighted by Crippen LogP contribution is 2.38. The van der Waals surface area contributed by atoms with Crippen LogP contribution in [0.4, 0.5) is 5.13 Å². The first kappa shape index (κ1) is 23.3. The Labute approximate surface area is 199 Å². The van der Waals surface area contributed by atoms with E-state index in [1.54, 1.807) is 48.4 Å². The van der Waals surface area contributed by atoms with E-state index in [1.165, 1.54) is 15.9 Å². The number of hydrogen-bond donors (Lipinski definition) is 0. The Morgan fingerprint density at radius 1 is 1.18 bits per heavy atom. The molecule has 0 atom stereocenters. The fraction of sp³-hybridized carbons (Fsp3) is 0.348. The Hall–Kier alpha value is -2.88. The van der Waals surface area contributed by atoms with Gasteiger partial charge in [-0.05, 0) is 37.4 Å². The third kappa shape index (κ3) is 4.62. The number of rotatable bonds is 9. The fourth-order valence-electron chi connectivity index (χ4n) is 3.71. The molecule has 0 saturated carbocycles. The average molecular weight is 489 g/mol. The number of halogens is 1. The molecule has 0 unspecified atom stereocenters. The lowest BCUT2D eigenvalue weighted by atomic mass is 10.3. The molecule has 0 aliphatic carbocycles. The lowest BCUT2D eigenvalue weighted by Crippen LogP contribution is -2.41. The van der Waals surface area contributed by atoms with Crippen LogP contribution in [0.1, 0.15) is 13.8 Å². The van der Waals surface area contributed by atoms with Gasteiger partial charge in [0.15, 0.2) is 10.7 Å². The highest BCUT2D eigenvalue weighted by Gasteiger charge is 2.24. The number of carbonyl (C=O) groups is 1. The molecule has 0 fully saturated rings. The molecule has 0 bridgehead atoms. The van der Waals surface area contributed by atoms with Gasteiger partial charge in [-0.2, -0.15) is 0 Å². The summed E-state index contributed by atoms with van der Waals surface area (Å²) >= 11 is 7.73. The van der Waals surface area contributed by atoms with Crippen molar-refractivity contribution in [2.24, 2.45) is 0 Å². The number of ether oxygens (including phenoxy) is 1. The highest BCUT2D eigenvalue weighted by molar-refractivity contribution is 7.23. The van der Waals surface area contributed by atoms with E-state index in [2.05, 4.69) is 18.7 Å². The van der Waals surface area contributed by atoms with Crippen molar-refractivity contribution in [2.75, 3.05) is 38.2 Å². The molecule has 1 amide bonds. The van der Waals surface area contributed by atoms with Crippen molar-refractivity contribution < 1.29 is 13.9 Å². The van der Waals surface area contributed by atoms with Crippen molar-refractivity contribution in [1.29, 1.82) is 0 Å². The minimum atomic E-state index is -0.567. The first-order chi connectivity index (χ1) is 16.0. The maximum absolute atomic E-state index is 13.5. The van der Waals surface area contributed by atoms with E-state index in [0.29, 0.717) is 45.6 Å². The van der Waals surface area contributed by atoms with Crippen LogP contribution in [0.2, 0.25) is 5.02 Å². The van der Waals surface area contributed by atoms with Gasteiger partial charge in [0.1, 0.15) is 17.8 Å². The summed E-state index contributed by atoms with van der Waals surface area (Å²) in [6.45, 7) is 6.82. The molecule has 0 aliphatic rings. The Balaban J connectivity index is 1.72. The average Bonchev–Trinajstić information content (AvgIpc) is 3.39. The first-order valence-corrected chi connectivity index (χ1v) is 11.9. The van der Waals surface area contributed by atoms with Crippen molar-refractivity contribution in [3.05, 3.63) is 52.0 Å².